The van der Waals surface area contributed by atoms with Crippen LogP contribution in [0.15, 0.2) is 30.5 Å². The Morgan fingerprint density at radius 2 is 2.08 bits per heavy atom. The molecule has 0 unspecified atom stereocenters. The van der Waals surface area contributed by atoms with Crippen LogP contribution in [-0.2, 0) is 11.2 Å². The maximum Gasteiger partial charge on any atom is 0.422 e. The molecule has 0 bridgehead atoms. The quantitative estimate of drug-likeness (QED) is 0.810. The van der Waals surface area contributed by atoms with Gasteiger partial charge >= 0.3 is 6.18 Å². The number of anilines is 1. The lowest BCUT2D eigenvalue weighted by molar-refractivity contribution is -0.153. The third-order valence-corrected chi connectivity index (χ3v) is 3.03. The summed E-state index contributed by atoms with van der Waals surface area (Å²) < 4.78 is 46.4. The van der Waals surface area contributed by atoms with Crippen molar-refractivity contribution in [2.45, 2.75) is 19.0 Å². The lowest BCUT2D eigenvalue weighted by atomic mass is 10.1. The van der Waals surface area contributed by atoms with Crippen LogP contribution in [-0.4, -0.2) is 36.0 Å². The highest BCUT2D eigenvalue weighted by Gasteiger charge is 2.29. The molecule has 1 amide bonds. The van der Waals surface area contributed by atoms with E-state index in [0.29, 0.717) is 12.2 Å². The second-order valence-electron chi connectivity index (χ2n) is 4.91. The highest BCUT2D eigenvalue weighted by molar-refractivity contribution is 5.89. The predicted molar refractivity (Wildman–Crippen MR) is 80.1 cm³/mol. The molecule has 1 heterocycles. The number of alkyl halides is 3. The monoisotopic (exact) mass is 343 g/mol. The van der Waals surface area contributed by atoms with E-state index < -0.39 is 12.8 Å². The maximum absolute atomic E-state index is 12.2. The number of nitrogens with one attached hydrogen (secondary N) is 2. The Labute approximate surface area is 136 Å². The third-order valence-electron chi connectivity index (χ3n) is 3.03. The number of rotatable bonds is 7. The van der Waals surface area contributed by atoms with Gasteiger partial charge in [0.2, 0.25) is 5.91 Å². The first-order valence-electron chi connectivity index (χ1n) is 7.03. The Kier molecular flexibility index (Phi) is 5.67. The van der Waals surface area contributed by atoms with Crippen LogP contribution in [0, 0.1) is 0 Å². The first-order chi connectivity index (χ1) is 11.4. The smallest absolute Gasteiger partial charge is 0.422 e. The molecule has 130 valence electrons. The minimum absolute atomic E-state index is 0.000450. The van der Waals surface area contributed by atoms with Gasteiger partial charge in [-0.1, -0.05) is 6.07 Å². The van der Waals surface area contributed by atoms with Gasteiger partial charge < -0.3 is 14.8 Å². The van der Waals surface area contributed by atoms with E-state index >= 15 is 0 Å². The molecule has 2 aromatic rings. The highest BCUT2D eigenvalue weighted by atomic mass is 19.4. The number of amides is 1. The van der Waals surface area contributed by atoms with Gasteiger partial charge in [-0.2, -0.15) is 18.3 Å². The topological polar surface area (TPSA) is 76.2 Å². The van der Waals surface area contributed by atoms with Crippen LogP contribution >= 0.6 is 0 Å². The van der Waals surface area contributed by atoms with E-state index in [1.54, 1.807) is 18.2 Å². The van der Waals surface area contributed by atoms with Gasteiger partial charge in [-0.3, -0.25) is 9.89 Å². The molecule has 0 saturated heterocycles. The number of ether oxygens (including phenoxy) is 2. The Hall–Kier alpha value is -2.71. The molecule has 0 aliphatic carbocycles. The van der Waals surface area contributed by atoms with Crippen molar-refractivity contribution in [3.05, 3.63) is 36.0 Å². The number of H-pyrrole nitrogens is 1. The lowest BCUT2D eigenvalue weighted by Gasteiger charge is -2.13. The number of aryl methyl sites for hydroxylation is 1. The van der Waals surface area contributed by atoms with Gasteiger partial charge in [0.1, 0.15) is 5.82 Å². The van der Waals surface area contributed by atoms with Crippen molar-refractivity contribution in [3.8, 4) is 11.5 Å². The van der Waals surface area contributed by atoms with E-state index in [1.165, 1.54) is 19.4 Å². The highest BCUT2D eigenvalue weighted by Crippen LogP contribution is 2.30. The molecule has 6 nitrogen and oxygen atoms in total. The van der Waals surface area contributed by atoms with Crippen molar-refractivity contribution in [1.82, 2.24) is 10.2 Å². The molecule has 1 aromatic heterocycles. The second kappa shape index (κ2) is 7.71. The summed E-state index contributed by atoms with van der Waals surface area (Å²) in [6.45, 7) is -1.39. The molecule has 0 aliphatic heterocycles. The molecular formula is C15H16F3N3O3. The Bertz CT molecular complexity index is 672. The largest absolute Gasteiger partial charge is 0.493 e. The van der Waals surface area contributed by atoms with Crippen LogP contribution < -0.4 is 14.8 Å². The first kappa shape index (κ1) is 17.6. The molecule has 2 rings (SSSR count). The van der Waals surface area contributed by atoms with Crippen molar-refractivity contribution in [1.29, 1.82) is 0 Å². The van der Waals surface area contributed by atoms with Crippen LogP contribution in [0.1, 0.15) is 12.0 Å². The summed E-state index contributed by atoms with van der Waals surface area (Å²) in [5.74, 6) is 0.468. The molecule has 2 N–H and O–H groups in total. The zero-order valence-electron chi connectivity index (χ0n) is 12.8. The summed E-state index contributed by atoms with van der Waals surface area (Å²) in [5.41, 5.74) is 0.742. The normalized spacial score (nSPS) is 11.2. The van der Waals surface area contributed by atoms with E-state index in [1.807, 2.05) is 0 Å². The molecule has 0 aliphatic rings. The fourth-order valence-corrected chi connectivity index (χ4v) is 1.94. The van der Waals surface area contributed by atoms with Gasteiger partial charge in [0, 0.05) is 12.5 Å². The lowest BCUT2D eigenvalue weighted by Crippen LogP contribution is -2.19. The minimum Gasteiger partial charge on any atom is -0.493 e. The number of hydrogen-bond donors (Lipinski definition) is 2. The van der Waals surface area contributed by atoms with E-state index in [4.69, 9.17) is 9.47 Å². The third kappa shape index (κ3) is 5.49. The zero-order valence-corrected chi connectivity index (χ0v) is 12.8. The van der Waals surface area contributed by atoms with Gasteiger partial charge in [-0.05, 0) is 24.1 Å². The number of aromatic amines is 1. The fourth-order valence-electron chi connectivity index (χ4n) is 1.94. The van der Waals surface area contributed by atoms with E-state index in [0.717, 1.165) is 5.56 Å². The standard InChI is InChI=1S/C15H16F3N3O3/c1-23-12-8-10(2-4-11(12)24-9-15(16,17)18)3-5-14(22)20-13-6-7-19-21-13/h2,4,6-8H,3,5,9H2,1H3,(H2,19,20,21,22). The summed E-state index contributed by atoms with van der Waals surface area (Å²) in [4.78, 5) is 11.8. The van der Waals surface area contributed by atoms with Crippen molar-refractivity contribution < 1.29 is 27.4 Å². The SMILES string of the molecule is COc1cc(CCC(=O)Nc2ccn[nH]2)ccc1OCC(F)(F)F. The van der Waals surface area contributed by atoms with Crippen LogP contribution in [0.2, 0.25) is 0 Å². The number of carbonyl (C=O) groups excluding carboxylic acids is 1. The van der Waals surface area contributed by atoms with Crippen molar-refractivity contribution in [3.63, 3.8) is 0 Å². The maximum atomic E-state index is 12.2. The van der Waals surface area contributed by atoms with Crippen molar-refractivity contribution in [2.24, 2.45) is 0 Å². The van der Waals surface area contributed by atoms with Crippen LogP contribution in [0.3, 0.4) is 0 Å². The number of nitrogens with zero attached hydrogens (tertiary/aromatic N) is 1. The average molecular weight is 343 g/mol. The number of benzene rings is 1. The van der Waals surface area contributed by atoms with Crippen LogP contribution in [0.4, 0.5) is 19.0 Å². The van der Waals surface area contributed by atoms with E-state index in [9.17, 15) is 18.0 Å². The van der Waals surface area contributed by atoms with Gasteiger partial charge in [0.15, 0.2) is 18.1 Å². The fraction of sp³-hybridized carbons (Fsp3) is 0.333. The number of methoxy groups -OCH3 is 1. The second-order valence-corrected chi connectivity index (χ2v) is 4.91. The molecular weight excluding hydrogens is 327 g/mol. The number of hydrogen-bond acceptors (Lipinski definition) is 4. The average Bonchev–Trinajstić information content (AvgIpc) is 3.03. The van der Waals surface area contributed by atoms with Gasteiger partial charge in [-0.25, -0.2) is 0 Å². The predicted octanol–water partition coefficient (Wildman–Crippen LogP) is 2.93. The number of halogens is 3. The van der Waals surface area contributed by atoms with Crippen molar-refractivity contribution in [2.75, 3.05) is 19.0 Å². The molecule has 1 aromatic carbocycles. The molecule has 0 radical (unpaired) electrons. The molecule has 0 fully saturated rings. The Morgan fingerprint density at radius 1 is 1.29 bits per heavy atom. The van der Waals surface area contributed by atoms with Crippen molar-refractivity contribution >= 4 is 11.7 Å². The summed E-state index contributed by atoms with van der Waals surface area (Å²) in [6.07, 6.45) is -2.31. The molecule has 0 saturated carbocycles. The van der Waals surface area contributed by atoms with Gasteiger partial charge in [0.05, 0.1) is 13.3 Å². The Morgan fingerprint density at radius 3 is 2.71 bits per heavy atom. The molecule has 0 atom stereocenters. The minimum atomic E-state index is -4.42. The molecule has 9 heteroatoms. The molecule has 0 spiro atoms. The van der Waals surface area contributed by atoms with E-state index in [-0.39, 0.29) is 23.8 Å². The molecule has 24 heavy (non-hydrogen) atoms. The van der Waals surface area contributed by atoms with Gasteiger partial charge in [0.25, 0.3) is 0 Å². The van der Waals surface area contributed by atoms with E-state index in [2.05, 4.69) is 15.5 Å². The summed E-state index contributed by atoms with van der Waals surface area (Å²) in [6, 6.07) is 6.16. The Balaban J connectivity index is 1.92. The summed E-state index contributed by atoms with van der Waals surface area (Å²) in [7, 11) is 1.34. The summed E-state index contributed by atoms with van der Waals surface area (Å²) >= 11 is 0. The van der Waals surface area contributed by atoms with Crippen LogP contribution in [0.5, 0.6) is 11.5 Å². The summed E-state index contributed by atoms with van der Waals surface area (Å²) in [5, 5.41) is 8.95. The van der Waals surface area contributed by atoms with Gasteiger partial charge in [-0.15, -0.1) is 0 Å². The van der Waals surface area contributed by atoms with Crippen LogP contribution in [0.25, 0.3) is 0 Å². The number of aromatic nitrogens is 2. The zero-order chi connectivity index (χ0) is 17.6. The first-order valence-corrected chi connectivity index (χ1v) is 7.03. The number of carbonyl (C=O) groups is 1.